The summed E-state index contributed by atoms with van der Waals surface area (Å²) in [6, 6.07) is 3.37. The number of aromatic nitrogens is 1. The second kappa shape index (κ2) is 5.60. The van der Waals surface area contributed by atoms with Crippen LogP contribution in [0.15, 0.2) is 12.1 Å². The van der Waals surface area contributed by atoms with Crippen LogP contribution in [0.2, 0.25) is 0 Å². The predicted molar refractivity (Wildman–Crippen MR) is 81.6 cm³/mol. The lowest BCUT2D eigenvalue weighted by molar-refractivity contribution is -0.385. The lowest BCUT2D eigenvalue weighted by Gasteiger charge is -2.45. The zero-order chi connectivity index (χ0) is 14.9. The number of hydrogen-bond donors (Lipinski definition) is 1. The predicted octanol–water partition coefficient (Wildman–Crippen LogP) is 2.27. The molecule has 6 nitrogen and oxygen atoms in total. The molecule has 2 saturated heterocycles. The Kier molecular flexibility index (Phi) is 3.80. The zero-order valence-electron chi connectivity index (χ0n) is 12.5. The average molecular weight is 290 g/mol. The van der Waals surface area contributed by atoms with Gasteiger partial charge in [-0.15, -0.1) is 0 Å². The van der Waals surface area contributed by atoms with Gasteiger partial charge in [0.25, 0.3) is 5.69 Å². The van der Waals surface area contributed by atoms with Crippen molar-refractivity contribution in [2.24, 2.45) is 5.41 Å². The first kappa shape index (κ1) is 14.3. The number of nitrogens with one attached hydrogen (secondary N) is 1. The molecule has 0 radical (unpaired) electrons. The van der Waals surface area contributed by atoms with Crippen molar-refractivity contribution in [3.05, 3.63) is 27.9 Å². The molecule has 1 N–H and O–H groups in total. The first-order chi connectivity index (χ1) is 10.1. The van der Waals surface area contributed by atoms with Gasteiger partial charge in [-0.2, -0.15) is 0 Å². The minimum Gasteiger partial charge on any atom is -0.356 e. The van der Waals surface area contributed by atoms with Gasteiger partial charge in [-0.05, 0) is 45.2 Å². The van der Waals surface area contributed by atoms with Crippen LogP contribution >= 0.6 is 0 Å². The van der Waals surface area contributed by atoms with Crippen LogP contribution in [0.4, 0.5) is 11.5 Å². The SMILES string of the molecule is Cc1nc(N2CCCC3(CCCNC3)C2)ccc1[N+](=O)[O-]. The first-order valence-electron chi connectivity index (χ1n) is 7.67. The van der Waals surface area contributed by atoms with Gasteiger partial charge < -0.3 is 10.2 Å². The molecule has 0 aliphatic carbocycles. The monoisotopic (exact) mass is 290 g/mol. The molecule has 1 aromatic heterocycles. The molecular formula is C15H22N4O2. The Morgan fingerprint density at radius 1 is 1.38 bits per heavy atom. The van der Waals surface area contributed by atoms with Crippen molar-refractivity contribution < 1.29 is 4.92 Å². The van der Waals surface area contributed by atoms with Crippen molar-refractivity contribution in [1.29, 1.82) is 0 Å². The fourth-order valence-electron chi connectivity index (χ4n) is 3.69. The normalized spacial score (nSPS) is 26.0. The Bertz CT molecular complexity index is 535. The third kappa shape index (κ3) is 2.85. The Balaban J connectivity index is 1.80. The maximum absolute atomic E-state index is 10.9. The molecule has 0 amide bonds. The van der Waals surface area contributed by atoms with Crippen molar-refractivity contribution in [1.82, 2.24) is 10.3 Å². The van der Waals surface area contributed by atoms with Crippen molar-refractivity contribution >= 4 is 11.5 Å². The number of aryl methyl sites for hydroxylation is 1. The molecule has 1 unspecified atom stereocenters. The summed E-state index contributed by atoms with van der Waals surface area (Å²) >= 11 is 0. The second-order valence-corrected chi connectivity index (χ2v) is 6.34. The van der Waals surface area contributed by atoms with Crippen LogP contribution in [0.3, 0.4) is 0 Å². The van der Waals surface area contributed by atoms with Gasteiger partial charge in [0.15, 0.2) is 0 Å². The molecular weight excluding hydrogens is 268 g/mol. The molecule has 3 rings (SSSR count). The van der Waals surface area contributed by atoms with Gasteiger partial charge in [0.1, 0.15) is 11.5 Å². The topological polar surface area (TPSA) is 71.3 Å². The van der Waals surface area contributed by atoms with E-state index in [1.807, 2.05) is 0 Å². The highest BCUT2D eigenvalue weighted by molar-refractivity contribution is 5.47. The molecule has 1 atom stereocenters. The molecule has 6 heteroatoms. The van der Waals surface area contributed by atoms with Gasteiger partial charge in [-0.25, -0.2) is 4.98 Å². The van der Waals surface area contributed by atoms with Crippen LogP contribution in [0, 0.1) is 22.5 Å². The molecule has 0 bridgehead atoms. The van der Waals surface area contributed by atoms with Crippen LogP contribution in [0.5, 0.6) is 0 Å². The maximum Gasteiger partial charge on any atom is 0.290 e. The maximum atomic E-state index is 10.9. The van der Waals surface area contributed by atoms with E-state index in [0.717, 1.165) is 32.0 Å². The number of piperidine rings is 2. The molecule has 1 spiro atoms. The highest BCUT2D eigenvalue weighted by Crippen LogP contribution is 2.37. The van der Waals surface area contributed by atoms with Gasteiger partial charge in [0.05, 0.1) is 4.92 Å². The minimum atomic E-state index is -0.366. The van der Waals surface area contributed by atoms with Crippen molar-refractivity contribution in [2.45, 2.75) is 32.6 Å². The third-order valence-electron chi connectivity index (χ3n) is 4.79. The molecule has 2 aliphatic heterocycles. The Morgan fingerprint density at radius 3 is 2.86 bits per heavy atom. The number of pyridine rings is 1. The smallest absolute Gasteiger partial charge is 0.290 e. The second-order valence-electron chi connectivity index (χ2n) is 6.34. The summed E-state index contributed by atoms with van der Waals surface area (Å²) in [7, 11) is 0. The molecule has 2 aliphatic rings. The van der Waals surface area contributed by atoms with Crippen LogP contribution in [-0.2, 0) is 0 Å². The quantitative estimate of drug-likeness (QED) is 0.668. The van der Waals surface area contributed by atoms with E-state index in [9.17, 15) is 10.1 Å². The summed E-state index contributed by atoms with van der Waals surface area (Å²) in [6.45, 7) is 5.91. The zero-order valence-corrected chi connectivity index (χ0v) is 12.5. The summed E-state index contributed by atoms with van der Waals surface area (Å²) in [6.07, 6.45) is 4.94. The Morgan fingerprint density at radius 2 is 2.19 bits per heavy atom. The highest BCUT2D eigenvalue weighted by atomic mass is 16.6. The van der Waals surface area contributed by atoms with E-state index >= 15 is 0 Å². The number of nitro groups is 1. The molecule has 3 heterocycles. The summed E-state index contributed by atoms with van der Waals surface area (Å²) in [5.74, 6) is 0.878. The summed E-state index contributed by atoms with van der Waals surface area (Å²) in [5.41, 5.74) is 0.956. The van der Waals surface area contributed by atoms with Gasteiger partial charge in [0.2, 0.25) is 0 Å². The van der Waals surface area contributed by atoms with Gasteiger partial charge in [-0.3, -0.25) is 10.1 Å². The highest BCUT2D eigenvalue weighted by Gasteiger charge is 2.37. The summed E-state index contributed by atoms with van der Waals surface area (Å²) in [4.78, 5) is 17.3. The van der Waals surface area contributed by atoms with Crippen molar-refractivity contribution in [3.63, 3.8) is 0 Å². The average Bonchev–Trinajstić information content (AvgIpc) is 2.47. The van der Waals surface area contributed by atoms with E-state index in [-0.39, 0.29) is 10.6 Å². The molecule has 21 heavy (non-hydrogen) atoms. The molecule has 0 aromatic carbocycles. The molecule has 0 saturated carbocycles. The number of anilines is 1. The van der Waals surface area contributed by atoms with Crippen LogP contribution in [0.25, 0.3) is 0 Å². The van der Waals surface area contributed by atoms with E-state index in [0.29, 0.717) is 11.1 Å². The van der Waals surface area contributed by atoms with E-state index in [1.54, 1.807) is 19.1 Å². The van der Waals surface area contributed by atoms with Crippen LogP contribution < -0.4 is 10.2 Å². The number of nitrogens with zero attached hydrogens (tertiary/aromatic N) is 3. The first-order valence-corrected chi connectivity index (χ1v) is 7.67. The number of rotatable bonds is 2. The summed E-state index contributed by atoms with van der Waals surface area (Å²) in [5, 5.41) is 14.4. The minimum absolute atomic E-state index is 0.102. The van der Waals surface area contributed by atoms with Crippen molar-refractivity contribution in [2.75, 3.05) is 31.1 Å². The van der Waals surface area contributed by atoms with Gasteiger partial charge in [0, 0.05) is 31.1 Å². The molecule has 114 valence electrons. The standard InChI is InChI=1S/C15H22N4O2/c1-12-13(19(20)21)4-5-14(17-12)18-9-3-7-15(11-18)6-2-8-16-10-15/h4-5,16H,2-3,6-11H2,1H3. The Labute approximate surface area is 124 Å². The largest absolute Gasteiger partial charge is 0.356 e. The Hall–Kier alpha value is -1.69. The molecule has 2 fully saturated rings. The lowest BCUT2D eigenvalue weighted by atomic mass is 9.74. The van der Waals surface area contributed by atoms with Crippen molar-refractivity contribution in [3.8, 4) is 0 Å². The van der Waals surface area contributed by atoms with E-state index in [2.05, 4.69) is 15.2 Å². The molecule has 1 aromatic rings. The van der Waals surface area contributed by atoms with E-state index in [1.165, 1.54) is 25.7 Å². The fraction of sp³-hybridized carbons (Fsp3) is 0.667. The van der Waals surface area contributed by atoms with E-state index in [4.69, 9.17) is 0 Å². The lowest BCUT2D eigenvalue weighted by Crippen LogP contribution is -2.51. The third-order valence-corrected chi connectivity index (χ3v) is 4.79. The number of hydrogen-bond acceptors (Lipinski definition) is 5. The van der Waals surface area contributed by atoms with Crippen LogP contribution in [0.1, 0.15) is 31.4 Å². The summed E-state index contributed by atoms with van der Waals surface area (Å²) < 4.78 is 0. The van der Waals surface area contributed by atoms with E-state index < -0.39 is 0 Å². The van der Waals surface area contributed by atoms with Gasteiger partial charge >= 0.3 is 0 Å². The van der Waals surface area contributed by atoms with Crippen LogP contribution in [-0.4, -0.2) is 36.1 Å². The van der Waals surface area contributed by atoms with Gasteiger partial charge in [-0.1, -0.05) is 0 Å². The fourth-order valence-corrected chi connectivity index (χ4v) is 3.69.